The van der Waals surface area contributed by atoms with Crippen molar-refractivity contribution in [1.82, 2.24) is 5.32 Å². The van der Waals surface area contributed by atoms with Gasteiger partial charge >= 0.3 is 5.97 Å². The smallest absolute Gasteiger partial charge is 0.336 e. The van der Waals surface area contributed by atoms with Crippen LogP contribution >= 0.6 is 0 Å². The molecule has 166 valence electrons. The van der Waals surface area contributed by atoms with Gasteiger partial charge in [0.05, 0.1) is 18.1 Å². The van der Waals surface area contributed by atoms with Crippen LogP contribution in [0.15, 0.2) is 77.6 Å². The van der Waals surface area contributed by atoms with Gasteiger partial charge in [-0.1, -0.05) is 62.4 Å². The Morgan fingerprint density at radius 3 is 2.59 bits per heavy atom. The number of Topliss-reactive ketones (excluding diaryl/α,β-unsaturated/α-hetero) is 1. The van der Waals surface area contributed by atoms with E-state index in [2.05, 4.69) is 11.4 Å². The molecule has 0 saturated carbocycles. The third kappa shape index (κ3) is 4.52. The molecule has 2 aliphatic rings. The normalized spacial score (nSPS) is 22.0. The lowest BCUT2D eigenvalue weighted by atomic mass is 9.66. The Morgan fingerprint density at radius 1 is 1.12 bits per heavy atom. The van der Waals surface area contributed by atoms with Gasteiger partial charge in [0.25, 0.3) is 0 Å². The molecule has 0 aromatic heterocycles. The maximum atomic E-state index is 14.1. The third-order valence-electron chi connectivity index (χ3n) is 6.13. The summed E-state index contributed by atoms with van der Waals surface area (Å²) >= 11 is 0. The minimum Gasteiger partial charge on any atom is -0.462 e. The van der Waals surface area contributed by atoms with Crippen LogP contribution in [0.3, 0.4) is 0 Å². The van der Waals surface area contributed by atoms with Crippen molar-refractivity contribution in [3.8, 4) is 0 Å². The average Bonchev–Trinajstić information content (AvgIpc) is 2.72. The van der Waals surface area contributed by atoms with E-state index < -0.39 is 23.6 Å². The van der Waals surface area contributed by atoms with Crippen LogP contribution in [-0.2, 0) is 20.7 Å². The molecule has 2 aromatic carbocycles. The van der Waals surface area contributed by atoms with Gasteiger partial charge in [0, 0.05) is 30.2 Å². The molecule has 0 bridgehead atoms. The molecule has 1 heterocycles. The Morgan fingerprint density at radius 2 is 1.88 bits per heavy atom. The molecule has 1 aliphatic heterocycles. The quantitative estimate of drug-likeness (QED) is 0.669. The van der Waals surface area contributed by atoms with E-state index in [0.717, 1.165) is 11.3 Å². The zero-order chi connectivity index (χ0) is 22.9. The minimum absolute atomic E-state index is 0.0383. The molecule has 5 heteroatoms. The van der Waals surface area contributed by atoms with Crippen LogP contribution in [0.4, 0.5) is 4.39 Å². The summed E-state index contributed by atoms with van der Waals surface area (Å²) in [5, 5.41) is 3.28. The Labute approximate surface area is 188 Å². The van der Waals surface area contributed by atoms with Crippen molar-refractivity contribution in [2.75, 3.05) is 6.61 Å². The lowest BCUT2D eigenvalue weighted by molar-refractivity contribution is -0.139. The first kappa shape index (κ1) is 22.0. The first-order chi connectivity index (χ1) is 15.2. The number of halogens is 1. The summed E-state index contributed by atoms with van der Waals surface area (Å²) in [6.45, 7) is 6.06. The number of carbonyl (C=O) groups is 2. The number of fused-ring (bicyclic) bond motifs is 1. The maximum Gasteiger partial charge on any atom is 0.336 e. The van der Waals surface area contributed by atoms with Crippen LogP contribution in [0.2, 0.25) is 0 Å². The maximum absolute atomic E-state index is 14.1. The molecule has 0 spiro atoms. The average molecular weight is 434 g/mol. The highest BCUT2D eigenvalue weighted by molar-refractivity contribution is 5.96. The fourth-order valence-electron chi connectivity index (χ4n) is 4.78. The van der Waals surface area contributed by atoms with Gasteiger partial charge in [-0.3, -0.25) is 4.79 Å². The number of hydrogen-bond donors (Lipinski definition) is 1. The molecule has 1 N–H and O–H groups in total. The Bertz CT molecular complexity index is 1100. The Hall–Kier alpha value is -3.21. The first-order valence-corrected chi connectivity index (χ1v) is 10.9. The van der Waals surface area contributed by atoms with Crippen LogP contribution in [0.5, 0.6) is 0 Å². The topological polar surface area (TPSA) is 55.4 Å². The van der Waals surface area contributed by atoms with Gasteiger partial charge in [0.15, 0.2) is 0 Å². The molecule has 2 aromatic rings. The molecule has 0 fully saturated rings. The van der Waals surface area contributed by atoms with Crippen LogP contribution in [-0.4, -0.2) is 18.4 Å². The van der Waals surface area contributed by atoms with Crippen molar-refractivity contribution in [3.05, 3.63) is 94.6 Å². The standard InChI is InChI=1S/C27H28FNO3/c1-17-23(26(31)32-13-12-18-8-5-4-6-9-18)24(19-10-7-11-20(28)14-19)25-21(29-17)15-27(2,3)16-22(25)30/h4-11,14-15,24-25,29H,12-13,16H2,1-3H3. The van der Waals surface area contributed by atoms with Gasteiger partial charge in [0.1, 0.15) is 11.6 Å². The summed E-state index contributed by atoms with van der Waals surface area (Å²) in [5.74, 6) is -1.99. The molecule has 2 unspecified atom stereocenters. The van der Waals surface area contributed by atoms with Crippen molar-refractivity contribution in [1.29, 1.82) is 0 Å². The van der Waals surface area contributed by atoms with Crippen LogP contribution in [0.1, 0.15) is 44.2 Å². The molecular weight excluding hydrogens is 405 g/mol. The van der Waals surface area contributed by atoms with E-state index >= 15 is 0 Å². The first-order valence-electron chi connectivity index (χ1n) is 10.9. The lowest BCUT2D eigenvalue weighted by Crippen LogP contribution is -2.43. The predicted molar refractivity (Wildman–Crippen MR) is 121 cm³/mol. The lowest BCUT2D eigenvalue weighted by Gasteiger charge is -2.41. The van der Waals surface area contributed by atoms with E-state index in [1.165, 1.54) is 12.1 Å². The van der Waals surface area contributed by atoms with Gasteiger partial charge in [-0.05, 0) is 35.6 Å². The summed E-state index contributed by atoms with van der Waals surface area (Å²) in [6.07, 6.45) is 3.02. The molecule has 2 atom stereocenters. The number of carbonyl (C=O) groups excluding carboxylic acids is 2. The number of benzene rings is 2. The SMILES string of the molecule is CC1=C(C(=O)OCCc2ccccc2)C(c2cccc(F)c2)C2C(=O)CC(C)(C)C=C2N1. The molecule has 32 heavy (non-hydrogen) atoms. The number of nitrogens with one attached hydrogen (secondary N) is 1. The van der Waals surface area contributed by atoms with Crippen LogP contribution in [0.25, 0.3) is 0 Å². The zero-order valence-corrected chi connectivity index (χ0v) is 18.7. The second kappa shape index (κ2) is 8.73. The fourth-order valence-corrected chi connectivity index (χ4v) is 4.78. The minimum atomic E-state index is -0.592. The second-order valence-corrected chi connectivity index (χ2v) is 9.28. The van der Waals surface area contributed by atoms with E-state index in [1.807, 2.05) is 51.1 Å². The number of allylic oxidation sites excluding steroid dienone is 3. The van der Waals surface area contributed by atoms with E-state index in [-0.39, 0.29) is 17.8 Å². The van der Waals surface area contributed by atoms with E-state index in [1.54, 1.807) is 12.1 Å². The van der Waals surface area contributed by atoms with Crippen molar-refractivity contribution < 1.29 is 18.7 Å². The largest absolute Gasteiger partial charge is 0.462 e. The highest BCUT2D eigenvalue weighted by atomic mass is 19.1. The summed E-state index contributed by atoms with van der Waals surface area (Å²) in [6, 6.07) is 15.9. The summed E-state index contributed by atoms with van der Waals surface area (Å²) < 4.78 is 19.8. The summed E-state index contributed by atoms with van der Waals surface area (Å²) in [4.78, 5) is 26.5. The van der Waals surface area contributed by atoms with Crippen molar-refractivity contribution in [3.63, 3.8) is 0 Å². The fraction of sp³-hybridized carbons (Fsp3) is 0.333. The monoisotopic (exact) mass is 433 g/mol. The molecular formula is C27H28FNO3. The van der Waals surface area contributed by atoms with E-state index in [4.69, 9.17) is 4.74 Å². The zero-order valence-electron chi connectivity index (χ0n) is 18.7. The number of ether oxygens (including phenoxy) is 1. The highest BCUT2D eigenvalue weighted by Gasteiger charge is 2.46. The highest BCUT2D eigenvalue weighted by Crippen LogP contribution is 2.47. The van der Waals surface area contributed by atoms with Gasteiger partial charge in [0.2, 0.25) is 0 Å². The second-order valence-electron chi connectivity index (χ2n) is 9.28. The molecule has 0 amide bonds. The number of esters is 1. The number of rotatable bonds is 5. The summed E-state index contributed by atoms with van der Waals surface area (Å²) in [5.41, 5.74) is 3.19. The Balaban J connectivity index is 1.68. The van der Waals surface area contributed by atoms with Gasteiger partial charge < -0.3 is 10.1 Å². The third-order valence-corrected chi connectivity index (χ3v) is 6.13. The molecule has 4 rings (SSSR count). The molecule has 4 nitrogen and oxygen atoms in total. The number of hydrogen-bond acceptors (Lipinski definition) is 4. The van der Waals surface area contributed by atoms with E-state index in [9.17, 15) is 14.0 Å². The van der Waals surface area contributed by atoms with Crippen LogP contribution < -0.4 is 5.32 Å². The van der Waals surface area contributed by atoms with Gasteiger partial charge in [-0.15, -0.1) is 0 Å². The molecule has 1 aliphatic carbocycles. The van der Waals surface area contributed by atoms with Gasteiger partial charge in [-0.2, -0.15) is 0 Å². The molecule has 0 radical (unpaired) electrons. The van der Waals surface area contributed by atoms with Crippen LogP contribution in [0, 0.1) is 17.2 Å². The van der Waals surface area contributed by atoms with Crippen molar-refractivity contribution in [2.24, 2.45) is 11.3 Å². The predicted octanol–water partition coefficient (Wildman–Crippen LogP) is 5.07. The van der Waals surface area contributed by atoms with Crippen molar-refractivity contribution >= 4 is 11.8 Å². The van der Waals surface area contributed by atoms with Crippen molar-refractivity contribution in [2.45, 2.75) is 39.5 Å². The summed E-state index contributed by atoms with van der Waals surface area (Å²) in [7, 11) is 0. The molecule has 0 saturated heterocycles. The number of ketones is 1. The van der Waals surface area contributed by atoms with Gasteiger partial charge in [-0.25, -0.2) is 9.18 Å². The Kier molecular flexibility index (Phi) is 6.00. The van der Waals surface area contributed by atoms with E-state index in [0.29, 0.717) is 29.7 Å².